The molecule has 4 nitrogen and oxygen atoms in total. The van der Waals surface area contributed by atoms with Gasteiger partial charge in [0.05, 0.1) is 12.2 Å². The first-order valence-corrected chi connectivity index (χ1v) is 8.33. The minimum Gasteiger partial charge on any atom is -0.433 e. The lowest BCUT2D eigenvalue weighted by molar-refractivity contribution is -0.117. The summed E-state index contributed by atoms with van der Waals surface area (Å²) in [6.45, 7) is -2.33. The Morgan fingerprint density at radius 1 is 1.15 bits per heavy atom. The predicted octanol–water partition coefficient (Wildman–Crippen LogP) is 4.03. The van der Waals surface area contributed by atoms with Crippen LogP contribution in [0.15, 0.2) is 48.5 Å². The van der Waals surface area contributed by atoms with E-state index in [1.165, 1.54) is 24.3 Å². The summed E-state index contributed by atoms with van der Waals surface area (Å²) in [5.41, 5.74) is 1.11. The number of nitrogens with one attached hydrogen (secondary N) is 1. The lowest BCUT2D eigenvalue weighted by Gasteiger charge is -2.22. The normalized spacial score (nSPS) is 13.9. The third-order valence-electron chi connectivity index (χ3n) is 4.09. The molecule has 0 bridgehead atoms. The van der Waals surface area contributed by atoms with Crippen LogP contribution in [-0.2, 0) is 11.3 Å². The Morgan fingerprint density at radius 2 is 1.85 bits per heavy atom. The monoisotopic (exact) mass is 364 g/mol. The van der Waals surface area contributed by atoms with E-state index in [2.05, 4.69) is 10.1 Å². The van der Waals surface area contributed by atoms with E-state index in [4.69, 9.17) is 0 Å². The van der Waals surface area contributed by atoms with Crippen LogP contribution in [-0.4, -0.2) is 30.0 Å². The third kappa shape index (κ3) is 5.23. The van der Waals surface area contributed by atoms with Gasteiger partial charge in [0.25, 0.3) is 0 Å². The first kappa shape index (κ1) is 18.3. The zero-order chi connectivity index (χ0) is 18.5. The zero-order valence-electron chi connectivity index (χ0n) is 14.0. The van der Waals surface area contributed by atoms with Gasteiger partial charge in [0.15, 0.2) is 0 Å². The third-order valence-corrected chi connectivity index (χ3v) is 4.09. The van der Waals surface area contributed by atoms with Gasteiger partial charge in [-0.3, -0.25) is 9.69 Å². The first-order chi connectivity index (χ1) is 12.5. The average molecular weight is 364 g/mol. The van der Waals surface area contributed by atoms with Crippen LogP contribution in [0.1, 0.15) is 18.4 Å². The van der Waals surface area contributed by atoms with Crippen molar-refractivity contribution in [2.75, 3.05) is 11.9 Å². The topological polar surface area (TPSA) is 41.6 Å². The molecular formula is C19H19F3N2O2. The van der Waals surface area contributed by atoms with Crippen LogP contribution < -0.4 is 10.1 Å². The summed E-state index contributed by atoms with van der Waals surface area (Å²) >= 11 is 0. The fourth-order valence-corrected chi connectivity index (χ4v) is 2.72. The van der Waals surface area contributed by atoms with Gasteiger partial charge in [-0.15, -0.1) is 0 Å². The zero-order valence-corrected chi connectivity index (χ0v) is 14.0. The number of nitrogens with zero attached hydrogens (tertiary/aromatic N) is 1. The first-order valence-electron chi connectivity index (χ1n) is 8.33. The van der Waals surface area contributed by atoms with Crippen LogP contribution >= 0.6 is 0 Å². The number of hydrogen-bond acceptors (Lipinski definition) is 3. The molecule has 1 fully saturated rings. The Balaban J connectivity index is 1.63. The maximum atomic E-state index is 13.0. The molecule has 3 rings (SSSR count). The molecule has 0 radical (unpaired) electrons. The molecule has 0 heterocycles. The van der Waals surface area contributed by atoms with Crippen molar-refractivity contribution < 1.29 is 22.7 Å². The lowest BCUT2D eigenvalue weighted by Crippen LogP contribution is -2.34. The minimum absolute atomic E-state index is 0.0765. The van der Waals surface area contributed by atoms with E-state index in [1.807, 2.05) is 4.90 Å². The highest BCUT2D eigenvalue weighted by Crippen LogP contribution is 2.29. The highest BCUT2D eigenvalue weighted by atomic mass is 19.3. The molecule has 0 aliphatic heterocycles. The summed E-state index contributed by atoms with van der Waals surface area (Å²) in [7, 11) is 0. The van der Waals surface area contributed by atoms with Crippen LogP contribution in [0.4, 0.5) is 18.9 Å². The summed E-state index contributed by atoms with van der Waals surface area (Å²) < 4.78 is 42.4. The van der Waals surface area contributed by atoms with Gasteiger partial charge in [0.2, 0.25) is 5.91 Å². The van der Waals surface area contributed by atoms with Gasteiger partial charge in [0.1, 0.15) is 11.6 Å². The van der Waals surface area contributed by atoms with Crippen LogP contribution in [0.5, 0.6) is 5.75 Å². The smallest absolute Gasteiger partial charge is 0.387 e. The second kappa shape index (κ2) is 8.23. The van der Waals surface area contributed by atoms with E-state index in [1.54, 1.807) is 24.3 Å². The molecule has 138 valence electrons. The van der Waals surface area contributed by atoms with E-state index in [0.29, 0.717) is 12.6 Å². The predicted molar refractivity (Wildman–Crippen MR) is 91.5 cm³/mol. The van der Waals surface area contributed by atoms with Crippen molar-refractivity contribution in [2.24, 2.45) is 0 Å². The van der Waals surface area contributed by atoms with Gasteiger partial charge in [0, 0.05) is 12.6 Å². The Labute approximate surface area is 149 Å². The number of hydrogen-bond donors (Lipinski definition) is 1. The molecule has 2 aromatic carbocycles. The number of para-hydroxylation sites is 2. The molecule has 0 unspecified atom stereocenters. The van der Waals surface area contributed by atoms with Crippen molar-refractivity contribution in [3.05, 3.63) is 59.9 Å². The fraction of sp³-hybridized carbons (Fsp3) is 0.316. The van der Waals surface area contributed by atoms with Crippen LogP contribution in [0.2, 0.25) is 0 Å². The van der Waals surface area contributed by atoms with E-state index in [-0.39, 0.29) is 29.7 Å². The summed E-state index contributed by atoms with van der Waals surface area (Å²) in [6, 6.07) is 12.5. The number of rotatable bonds is 8. The fourth-order valence-electron chi connectivity index (χ4n) is 2.72. The molecule has 0 aromatic heterocycles. The van der Waals surface area contributed by atoms with Crippen molar-refractivity contribution in [3.8, 4) is 5.75 Å². The quantitative estimate of drug-likeness (QED) is 0.769. The standard InChI is InChI=1S/C19H19F3N2O2/c20-14-7-5-13(6-8-14)11-24(15-9-10-15)12-18(25)23-16-3-1-2-4-17(16)26-19(21)22/h1-8,15,19H,9-12H2,(H,23,25). The van der Waals surface area contributed by atoms with Gasteiger partial charge < -0.3 is 10.1 Å². The van der Waals surface area contributed by atoms with Crippen molar-refractivity contribution >= 4 is 11.6 Å². The Hall–Kier alpha value is -2.54. The van der Waals surface area contributed by atoms with E-state index in [0.717, 1.165) is 18.4 Å². The van der Waals surface area contributed by atoms with Gasteiger partial charge in [-0.05, 0) is 42.7 Å². The number of carbonyl (C=O) groups excluding carboxylic acids is 1. The molecule has 0 saturated heterocycles. The molecule has 1 N–H and O–H groups in total. The Morgan fingerprint density at radius 3 is 2.50 bits per heavy atom. The minimum atomic E-state index is -2.96. The molecule has 2 aromatic rings. The van der Waals surface area contributed by atoms with Gasteiger partial charge in [-0.2, -0.15) is 8.78 Å². The van der Waals surface area contributed by atoms with Crippen LogP contribution in [0, 0.1) is 5.82 Å². The number of anilines is 1. The highest BCUT2D eigenvalue weighted by molar-refractivity contribution is 5.93. The second-order valence-electron chi connectivity index (χ2n) is 6.19. The molecule has 1 amide bonds. The number of alkyl halides is 2. The van der Waals surface area contributed by atoms with E-state index >= 15 is 0 Å². The summed E-state index contributed by atoms with van der Waals surface area (Å²) in [4.78, 5) is 14.4. The van der Waals surface area contributed by atoms with Gasteiger partial charge in [-0.25, -0.2) is 4.39 Å². The van der Waals surface area contributed by atoms with Gasteiger partial charge in [-0.1, -0.05) is 24.3 Å². The SMILES string of the molecule is O=C(CN(Cc1ccc(F)cc1)C1CC1)Nc1ccccc1OC(F)F. The molecular weight excluding hydrogens is 345 g/mol. The maximum Gasteiger partial charge on any atom is 0.387 e. The average Bonchev–Trinajstić information content (AvgIpc) is 3.42. The molecule has 26 heavy (non-hydrogen) atoms. The van der Waals surface area contributed by atoms with Crippen molar-refractivity contribution in [1.29, 1.82) is 0 Å². The number of amides is 1. The number of halogens is 3. The largest absolute Gasteiger partial charge is 0.433 e. The number of benzene rings is 2. The van der Waals surface area contributed by atoms with Crippen LogP contribution in [0.25, 0.3) is 0 Å². The Kier molecular flexibility index (Phi) is 5.78. The summed E-state index contributed by atoms with van der Waals surface area (Å²) in [6.07, 6.45) is 2.00. The molecule has 1 saturated carbocycles. The highest BCUT2D eigenvalue weighted by Gasteiger charge is 2.30. The van der Waals surface area contributed by atoms with E-state index in [9.17, 15) is 18.0 Å². The molecule has 7 heteroatoms. The van der Waals surface area contributed by atoms with Crippen molar-refractivity contribution in [1.82, 2.24) is 4.90 Å². The lowest BCUT2D eigenvalue weighted by atomic mass is 10.2. The number of ether oxygens (including phenoxy) is 1. The summed E-state index contributed by atoms with van der Waals surface area (Å²) in [5.74, 6) is -0.697. The van der Waals surface area contributed by atoms with Crippen molar-refractivity contribution in [3.63, 3.8) is 0 Å². The van der Waals surface area contributed by atoms with Crippen LogP contribution in [0.3, 0.4) is 0 Å². The maximum absolute atomic E-state index is 13.0. The van der Waals surface area contributed by atoms with E-state index < -0.39 is 6.61 Å². The van der Waals surface area contributed by atoms with Gasteiger partial charge >= 0.3 is 6.61 Å². The molecule has 0 spiro atoms. The summed E-state index contributed by atoms with van der Waals surface area (Å²) in [5, 5.41) is 2.62. The molecule has 1 aliphatic rings. The second-order valence-corrected chi connectivity index (χ2v) is 6.19. The molecule has 0 atom stereocenters. The van der Waals surface area contributed by atoms with Crippen molar-refractivity contribution in [2.45, 2.75) is 32.0 Å². The number of carbonyl (C=O) groups is 1. The molecule has 1 aliphatic carbocycles. The Bertz CT molecular complexity index is 749.